The Kier molecular flexibility index (Phi) is 5.40. The van der Waals surface area contributed by atoms with Crippen LogP contribution in [-0.4, -0.2) is 22.5 Å². The number of nitrogens with one attached hydrogen (secondary N) is 1. The van der Waals surface area contributed by atoms with Crippen LogP contribution in [-0.2, 0) is 11.3 Å². The molecule has 128 valence electrons. The second-order valence-corrected chi connectivity index (χ2v) is 6.58. The van der Waals surface area contributed by atoms with E-state index in [2.05, 4.69) is 15.3 Å². The molecule has 1 aromatic carbocycles. The molecule has 0 fully saturated rings. The van der Waals surface area contributed by atoms with Crippen LogP contribution in [0.15, 0.2) is 48.1 Å². The van der Waals surface area contributed by atoms with Crippen LogP contribution in [0.4, 0.5) is 0 Å². The topological polar surface area (TPSA) is 64.1 Å². The maximum Gasteiger partial charge on any atom is 0.258 e. The average Bonchev–Trinajstić information content (AvgIpc) is 3.09. The summed E-state index contributed by atoms with van der Waals surface area (Å²) in [4.78, 5) is 20.6. The van der Waals surface area contributed by atoms with E-state index in [1.165, 1.54) is 16.9 Å². The molecular weight excluding hydrogens is 334 g/mol. The fourth-order valence-corrected chi connectivity index (χ4v) is 3.17. The molecule has 0 radical (unpaired) electrons. The Balaban J connectivity index is 1.50. The van der Waals surface area contributed by atoms with E-state index >= 15 is 0 Å². The number of ether oxygens (including phenoxy) is 1. The normalized spacial score (nSPS) is 10.5. The molecule has 6 heteroatoms. The van der Waals surface area contributed by atoms with E-state index in [0.29, 0.717) is 6.54 Å². The van der Waals surface area contributed by atoms with Crippen LogP contribution in [0.25, 0.3) is 10.6 Å². The lowest BCUT2D eigenvalue weighted by Crippen LogP contribution is -2.28. The average molecular weight is 353 g/mol. The van der Waals surface area contributed by atoms with Gasteiger partial charge in [0, 0.05) is 23.3 Å². The van der Waals surface area contributed by atoms with Crippen molar-refractivity contribution in [3.05, 3.63) is 64.9 Å². The molecule has 1 amide bonds. The Hall–Kier alpha value is -2.73. The van der Waals surface area contributed by atoms with E-state index < -0.39 is 0 Å². The predicted molar refractivity (Wildman–Crippen MR) is 98.6 cm³/mol. The molecule has 1 N–H and O–H groups in total. The first kappa shape index (κ1) is 17.1. The van der Waals surface area contributed by atoms with E-state index in [4.69, 9.17) is 4.74 Å². The maximum absolute atomic E-state index is 12.0. The summed E-state index contributed by atoms with van der Waals surface area (Å²) in [5.41, 5.74) is 3.99. The second-order valence-electron chi connectivity index (χ2n) is 5.72. The van der Waals surface area contributed by atoms with Gasteiger partial charge in [-0.1, -0.05) is 17.7 Å². The van der Waals surface area contributed by atoms with Gasteiger partial charge in [0.15, 0.2) is 6.61 Å². The van der Waals surface area contributed by atoms with Crippen LogP contribution >= 0.6 is 11.3 Å². The summed E-state index contributed by atoms with van der Waals surface area (Å²) in [6.45, 7) is 4.36. The lowest BCUT2D eigenvalue weighted by Gasteiger charge is -2.09. The highest BCUT2D eigenvalue weighted by atomic mass is 32.1. The molecule has 0 saturated heterocycles. The summed E-state index contributed by atoms with van der Waals surface area (Å²) >= 11 is 1.53. The minimum atomic E-state index is -0.170. The van der Waals surface area contributed by atoms with Gasteiger partial charge in [-0.25, -0.2) is 4.98 Å². The van der Waals surface area contributed by atoms with Crippen molar-refractivity contribution in [1.82, 2.24) is 15.3 Å². The van der Waals surface area contributed by atoms with Gasteiger partial charge in [-0.2, -0.15) is 0 Å². The lowest BCUT2D eigenvalue weighted by atomic mass is 10.1. The quantitative estimate of drug-likeness (QED) is 0.736. The molecule has 2 aromatic heterocycles. The predicted octanol–water partition coefficient (Wildman–Crippen LogP) is 3.52. The third-order valence-corrected chi connectivity index (χ3v) is 4.56. The van der Waals surface area contributed by atoms with Gasteiger partial charge in [0.25, 0.3) is 5.91 Å². The minimum Gasteiger partial charge on any atom is -0.484 e. The van der Waals surface area contributed by atoms with Crippen LogP contribution < -0.4 is 10.1 Å². The van der Waals surface area contributed by atoms with Crippen LogP contribution in [0.5, 0.6) is 5.75 Å². The minimum absolute atomic E-state index is 0.0104. The number of aromatic nitrogens is 2. The van der Waals surface area contributed by atoms with E-state index in [9.17, 15) is 4.79 Å². The number of hydrogen-bond acceptors (Lipinski definition) is 5. The fraction of sp³-hybridized carbons (Fsp3) is 0.211. The summed E-state index contributed by atoms with van der Waals surface area (Å²) in [5.74, 6) is 0.559. The largest absolute Gasteiger partial charge is 0.484 e. The highest BCUT2D eigenvalue weighted by molar-refractivity contribution is 7.13. The molecule has 2 heterocycles. The number of hydrogen-bond donors (Lipinski definition) is 1. The molecule has 3 aromatic rings. The highest BCUT2D eigenvalue weighted by Gasteiger charge is 2.08. The van der Waals surface area contributed by atoms with Crippen molar-refractivity contribution in [2.45, 2.75) is 20.4 Å². The Morgan fingerprint density at radius 1 is 1.28 bits per heavy atom. The third kappa shape index (κ3) is 4.64. The zero-order valence-corrected chi connectivity index (χ0v) is 15.0. The number of nitrogens with zero attached hydrogens (tertiary/aromatic N) is 2. The molecular formula is C19H19N3O2S. The van der Waals surface area contributed by atoms with E-state index in [1.54, 1.807) is 12.4 Å². The number of amides is 1. The van der Waals surface area contributed by atoms with Crippen LogP contribution in [0.1, 0.15) is 16.8 Å². The Morgan fingerprint density at radius 3 is 2.92 bits per heavy atom. The molecule has 5 nitrogen and oxygen atoms in total. The monoisotopic (exact) mass is 353 g/mol. The molecule has 0 spiro atoms. The van der Waals surface area contributed by atoms with Gasteiger partial charge in [0.2, 0.25) is 0 Å². The van der Waals surface area contributed by atoms with E-state index in [-0.39, 0.29) is 12.5 Å². The van der Waals surface area contributed by atoms with Crippen molar-refractivity contribution >= 4 is 17.2 Å². The summed E-state index contributed by atoms with van der Waals surface area (Å²) in [5, 5.41) is 5.66. The van der Waals surface area contributed by atoms with Crippen LogP contribution in [0.3, 0.4) is 0 Å². The van der Waals surface area contributed by atoms with Gasteiger partial charge in [-0.3, -0.25) is 9.78 Å². The Morgan fingerprint density at radius 2 is 2.16 bits per heavy atom. The van der Waals surface area contributed by atoms with E-state index in [1.807, 2.05) is 49.6 Å². The van der Waals surface area contributed by atoms with Gasteiger partial charge < -0.3 is 10.1 Å². The first-order valence-corrected chi connectivity index (χ1v) is 8.81. The van der Waals surface area contributed by atoms with Crippen molar-refractivity contribution in [2.75, 3.05) is 6.61 Å². The number of rotatable bonds is 6. The molecule has 0 aliphatic rings. The molecule has 3 rings (SSSR count). The maximum atomic E-state index is 12.0. The van der Waals surface area contributed by atoms with E-state index in [0.717, 1.165) is 27.6 Å². The first-order chi connectivity index (χ1) is 12.1. The summed E-state index contributed by atoms with van der Waals surface area (Å²) in [7, 11) is 0. The fourth-order valence-electron chi connectivity index (χ4n) is 2.35. The molecule has 0 aliphatic heterocycles. The van der Waals surface area contributed by atoms with Gasteiger partial charge in [-0.05, 0) is 37.6 Å². The zero-order valence-electron chi connectivity index (χ0n) is 14.2. The number of pyridine rings is 1. The van der Waals surface area contributed by atoms with Gasteiger partial charge in [0.05, 0.1) is 12.2 Å². The van der Waals surface area contributed by atoms with Crippen LogP contribution in [0.2, 0.25) is 0 Å². The smallest absolute Gasteiger partial charge is 0.258 e. The Labute approximate surface area is 150 Å². The first-order valence-electron chi connectivity index (χ1n) is 7.93. The zero-order chi connectivity index (χ0) is 17.6. The molecule has 0 bridgehead atoms. The van der Waals surface area contributed by atoms with Crippen molar-refractivity contribution < 1.29 is 9.53 Å². The van der Waals surface area contributed by atoms with Crippen molar-refractivity contribution in [1.29, 1.82) is 0 Å². The van der Waals surface area contributed by atoms with Gasteiger partial charge >= 0.3 is 0 Å². The number of aryl methyl sites for hydroxylation is 2. The van der Waals surface area contributed by atoms with Crippen molar-refractivity contribution in [2.24, 2.45) is 0 Å². The third-order valence-electron chi connectivity index (χ3n) is 3.62. The van der Waals surface area contributed by atoms with Gasteiger partial charge in [-0.15, -0.1) is 11.3 Å². The number of carbonyl (C=O) groups excluding carboxylic acids is 1. The SMILES string of the molecule is Cc1ccc(OCC(=O)NCc2csc(-c3cccnc3)n2)c(C)c1. The van der Waals surface area contributed by atoms with Gasteiger partial charge in [0.1, 0.15) is 10.8 Å². The number of benzene rings is 1. The lowest BCUT2D eigenvalue weighted by molar-refractivity contribution is -0.123. The molecule has 0 saturated carbocycles. The highest BCUT2D eigenvalue weighted by Crippen LogP contribution is 2.22. The van der Waals surface area contributed by atoms with Crippen molar-refractivity contribution in [3.8, 4) is 16.3 Å². The summed E-state index contributed by atoms with van der Waals surface area (Å²) < 4.78 is 5.58. The molecule has 0 atom stereocenters. The molecule has 0 aliphatic carbocycles. The Bertz CT molecular complexity index is 862. The molecule has 0 unspecified atom stereocenters. The standard InChI is InChI=1S/C19H19N3O2S/c1-13-5-6-17(14(2)8-13)24-11-18(23)21-10-16-12-25-19(22-16)15-4-3-7-20-9-15/h3-9,12H,10-11H2,1-2H3,(H,21,23). The molecule has 25 heavy (non-hydrogen) atoms. The summed E-state index contributed by atoms with van der Waals surface area (Å²) in [6, 6.07) is 9.73. The number of thiazole rings is 1. The van der Waals surface area contributed by atoms with Crippen molar-refractivity contribution in [3.63, 3.8) is 0 Å². The second kappa shape index (κ2) is 7.90. The van der Waals surface area contributed by atoms with Crippen LogP contribution in [0, 0.1) is 13.8 Å². The number of carbonyl (C=O) groups is 1. The summed E-state index contributed by atoms with van der Waals surface area (Å²) in [6.07, 6.45) is 3.51.